The fourth-order valence-corrected chi connectivity index (χ4v) is 1.40. The molecule has 0 bridgehead atoms. The van der Waals surface area contributed by atoms with Crippen LogP contribution in [0.15, 0.2) is 36.9 Å². The molecule has 13 heavy (non-hydrogen) atoms. The molecule has 0 aliphatic carbocycles. The minimum absolute atomic E-state index is 0.395. The van der Waals surface area contributed by atoms with Crippen LogP contribution in [0.5, 0.6) is 0 Å². The molecule has 0 saturated carbocycles. The third-order valence-corrected chi connectivity index (χ3v) is 2.00. The third kappa shape index (κ3) is 3.60. The molecule has 0 amide bonds. The van der Waals surface area contributed by atoms with E-state index in [4.69, 9.17) is 11.6 Å². The molecular weight excluding hydrogens is 187 g/mol. The van der Waals surface area contributed by atoms with Gasteiger partial charge in [0.2, 0.25) is 0 Å². The molecule has 70 valence electrons. The van der Waals surface area contributed by atoms with Crippen LogP contribution in [-0.2, 0) is 6.42 Å². The smallest absolute Gasteiger partial charge is 0.108 e. The SMILES string of the molecule is C=CCC(F)Cc1cccc(Cl)c1. The van der Waals surface area contributed by atoms with Crippen LogP contribution in [-0.4, -0.2) is 6.17 Å². The van der Waals surface area contributed by atoms with E-state index in [1.165, 1.54) is 0 Å². The maximum atomic E-state index is 13.1. The molecule has 2 heteroatoms. The number of benzene rings is 1. The Morgan fingerprint density at radius 3 is 2.92 bits per heavy atom. The third-order valence-electron chi connectivity index (χ3n) is 1.77. The Kier molecular flexibility index (Phi) is 3.97. The summed E-state index contributed by atoms with van der Waals surface area (Å²) in [6.45, 7) is 3.49. The molecule has 0 N–H and O–H groups in total. The van der Waals surface area contributed by atoms with Crippen molar-refractivity contribution in [3.05, 3.63) is 47.5 Å². The number of hydrogen-bond acceptors (Lipinski definition) is 0. The van der Waals surface area contributed by atoms with Crippen LogP contribution in [0.1, 0.15) is 12.0 Å². The van der Waals surface area contributed by atoms with E-state index >= 15 is 0 Å². The molecule has 0 aliphatic heterocycles. The monoisotopic (exact) mass is 198 g/mol. The van der Waals surface area contributed by atoms with Gasteiger partial charge in [-0.2, -0.15) is 0 Å². The van der Waals surface area contributed by atoms with Gasteiger partial charge < -0.3 is 0 Å². The minimum Gasteiger partial charge on any atom is -0.247 e. The van der Waals surface area contributed by atoms with E-state index in [1.54, 1.807) is 18.2 Å². The van der Waals surface area contributed by atoms with Crippen molar-refractivity contribution in [2.24, 2.45) is 0 Å². The van der Waals surface area contributed by atoms with Gasteiger partial charge in [-0.25, -0.2) is 4.39 Å². The van der Waals surface area contributed by atoms with E-state index in [1.807, 2.05) is 12.1 Å². The molecule has 0 radical (unpaired) electrons. The predicted octanol–water partition coefficient (Wildman–Crippen LogP) is 3.80. The highest BCUT2D eigenvalue weighted by molar-refractivity contribution is 6.30. The van der Waals surface area contributed by atoms with Gasteiger partial charge >= 0.3 is 0 Å². The van der Waals surface area contributed by atoms with Crippen LogP contribution in [0.25, 0.3) is 0 Å². The molecule has 1 rings (SSSR count). The van der Waals surface area contributed by atoms with E-state index < -0.39 is 6.17 Å². The van der Waals surface area contributed by atoms with Crippen LogP contribution in [0.2, 0.25) is 5.02 Å². The first-order valence-corrected chi connectivity index (χ1v) is 4.59. The summed E-state index contributed by atoms with van der Waals surface area (Å²) < 4.78 is 13.1. The number of allylic oxidation sites excluding steroid dienone is 1. The summed E-state index contributed by atoms with van der Waals surface area (Å²) in [5.41, 5.74) is 0.932. The first kappa shape index (κ1) is 10.3. The second kappa shape index (κ2) is 5.03. The number of rotatable bonds is 4. The van der Waals surface area contributed by atoms with Crippen molar-refractivity contribution >= 4 is 11.6 Å². The van der Waals surface area contributed by atoms with Gasteiger partial charge in [0.25, 0.3) is 0 Å². The zero-order valence-corrected chi connectivity index (χ0v) is 8.10. The molecule has 0 spiro atoms. The van der Waals surface area contributed by atoms with Crippen LogP contribution in [0.3, 0.4) is 0 Å². The van der Waals surface area contributed by atoms with Gasteiger partial charge in [0, 0.05) is 11.4 Å². The maximum Gasteiger partial charge on any atom is 0.108 e. The molecule has 0 aliphatic rings. The van der Waals surface area contributed by atoms with Crippen molar-refractivity contribution in [3.63, 3.8) is 0 Å². The summed E-state index contributed by atoms with van der Waals surface area (Å²) in [5.74, 6) is 0. The van der Waals surface area contributed by atoms with Crippen molar-refractivity contribution in [3.8, 4) is 0 Å². The first-order chi connectivity index (χ1) is 6.22. The Bertz CT molecular complexity index is 283. The van der Waals surface area contributed by atoms with Gasteiger partial charge in [-0.1, -0.05) is 29.8 Å². The lowest BCUT2D eigenvalue weighted by molar-refractivity contribution is 0.335. The largest absolute Gasteiger partial charge is 0.247 e. The molecule has 1 aromatic carbocycles. The van der Waals surface area contributed by atoms with Gasteiger partial charge in [0.1, 0.15) is 6.17 Å². The number of hydrogen-bond donors (Lipinski definition) is 0. The molecule has 1 unspecified atom stereocenters. The Morgan fingerprint density at radius 1 is 1.54 bits per heavy atom. The van der Waals surface area contributed by atoms with Crippen molar-refractivity contribution < 1.29 is 4.39 Å². The fraction of sp³-hybridized carbons (Fsp3) is 0.273. The van der Waals surface area contributed by atoms with E-state index in [0.717, 1.165) is 5.56 Å². The molecule has 0 nitrogen and oxygen atoms in total. The lowest BCUT2D eigenvalue weighted by Crippen LogP contribution is -2.02. The predicted molar refractivity (Wildman–Crippen MR) is 54.9 cm³/mol. The fourth-order valence-electron chi connectivity index (χ4n) is 1.18. The van der Waals surface area contributed by atoms with Gasteiger partial charge in [0.05, 0.1) is 0 Å². The van der Waals surface area contributed by atoms with Crippen molar-refractivity contribution in [2.45, 2.75) is 19.0 Å². The maximum absolute atomic E-state index is 13.1. The van der Waals surface area contributed by atoms with Crippen molar-refractivity contribution in [2.75, 3.05) is 0 Å². The summed E-state index contributed by atoms with van der Waals surface area (Å²) in [6, 6.07) is 7.28. The summed E-state index contributed by atoms with van der Waals surface area (Å²) in [5, 5.41) is 0.656. The highest BCUT2D eigenvalue weighted by Crippen LogP contribution is 2.14. The Hall–Kier alpha value is -0.820. The molecule has 1 atom stereocenters. The Balaban J connectivity index is 2.58. The molecule has 0 heterocycles. The Morgan fingerprint density at radius 2 is 2.31 bits per heavy atom. The second-order valence-electron chi connectivity index (χ2n) is 2.96. The topological polar surface area (TPSA) is 0 Å². The van der Waals surface area contributed by atoms with Crippen molar-refractivity contribution in [1.82, 2.24) is 0 Å². The normalized spacial score (nSPS) is 12.5. The van der Waals surface area contributed by atoms with E-state index in [9.17, 15) is 4.39 Å². The van der Waals surface area contributed by atoms with Gasteiger partial charge in [0.15, 0.2) is 0 Å². The van der Waals surface area contributed by atoms with Gasteiger partial charge in [-0.3, -0.25) is 0 Å². The van der Waals surface area contributed by atoms with E-state index in [-0.39, 0.29) is 0 Å². The van der Waals surface area contributed by atoms with Crippen LogP contribution < -0.4 is 0 Å². The number of halogens is 2. The summed E-state index contributed by atoms with van der Waals surface area (Å²) in [7, 11) is 0. The molecule has 0 fully saturated rings. The van der Waals surface area contributed by atoms with E-state index in [2.05, 4.69) is 6.58 Å². The summed E-state index contributed by atoms with van der Waals surface area (Å²) >= 11 is 5.76. The lowest BCUT2D eigenvalue weighted by Gasteiger charge is -2.05. The highest BCUT2D eigenvalue weighted by atomic mass is 35.5. The van der Waals surface area contributed by atoms with Crippen molar-refractivity contribution in [1.29, 1.82) is 0 Å². The first-order valence-electron chi connectivity index (χ1n) is 4.22. The zero-order valence-electron chi connectivity index (χ0n) is 7.34. The molecular formula is C11H12ClF. The van der Waals surface area contributed by atoms with E-state index in [0.29, 0.717) is 17.9 Å². The van der Waals surface area contributed by atoms with Gasteiger partial charge in [-0.05, 0) is 24.1 Å². The quantitative estimate of drug-likeness (QED) is 0.646. The Labute approximate surface area is 83.0 Å². The second-order valence-corrected chi connectivity index (χ2v) is 3.39. The standard InChI is InChI=1S/C11H12ClF/c1-2-4-11(13)8-9-5-3-6-10(12)7-9/h2-3,5-7,11H,1,4,8H2. The molecule has 1 aromatic rings. The van der Waals surface area contributed by atoms with Gasteiger partial charge in [-0.15, -0.1) is 6.58 Å². The summed E-state index contributed by atoms with van der Waals surface area (Å²) in [4.78, 5) is 0. The highest BCUT2D eigenvalue weighted by Gasteiger charge is 2.05. The van der Waals surface area contributed by atoms with Crippen LogP contribution in [0, 0.1) is 0 Å². The van der Waals surface area contributed by atoms with Crippen LogP contribution in [0.4, 0.5) is 4.39 Å². The summed E-state index contributed by atoms with van der Waals surface area (Å²) in [6.07, 6.45) is 1.55. The lowest BCUT2D eigenvalue weighted by atomic mass is 10.1. The van der Waals surface area contributed by atoms with Crippen LogP contribution >= 0.6 is 11.6 Å². The zero-order chi connectivity index (χ0) is 9.68. The minimum atomic E-state index is -0.851. The molecule has 0 saturated heterocycles. The molecule has 0 aromatic heterocycles. The average molecular weight is 199 g/mol. The number of alkyl halides is 1. The average Bonchev–Trinajstić information content (AvgIpc) is 2.04.